The Kier molecular flexibility index (Phi) is 5.23. The summed E-state index contributed by atoms with van der Waals surface area (Å²) in [6.45, 7) is 5.68. The zero-order valence-electron chi connectivity index (χ0n) is 11.8. The average Bonchev–Trinajstić information content (AvgIpc) is 2.40. The molecule has 0 bridgehead atoms. The molecule has 0 saturated carbocycles. The summed E-state index contributed by atoms with van der Waals surface area (Å²) in [5.41, 5.74) is 0.975. The van der Waals surface area contributed by atoms with Crippen LogP contribution in [0.4, 0.5) is 0 Å². The maximum Gasteiger partial charge on any atom is 0.119 e. The molecule has 0 aliphatic carbocycles. The second-order valence-electron chi connectivity index (χ2n) is 5.54. The molecule has 1 N–H and O–H groups in total. The van der Waals surface area contributed by atoms with E-state index < -0.39 is 0 Å². The van der Waals surface area contributed by atoms with Crippen LogP contribution in [0.5, 0.6) is 5.75 Å². The van der Waals surface area contributed by atoms with Gasteiger partial charge in [-0.2, -0.15) is 0 Å². The molecule has 0 spiro atoms. The van der Waals surface area contributed by atoms with Gasteiger partial charge in [0.2, 0.25) is 0 Å². The largest absolute Gasteiger partial charge is 0.491 e. The second kappa shape index (κ2) is 6.92. The second-order valence-corrected chi connectivity index (χ2v) is 5.54. The van der Waals surface area contributed by atoms with Crippen LogP contribution in [0.3, 0.4) is 0 Å². The van der Waals surface area contributed by atoms with Crippen molar-refractivity contribution in [2.45, 2.75) is 45.3 Å². The molecule has 1 fully saturated rings. The van der Waals surface area contributed by atoms with Gasteiger partial charge in [0, 0.05) is 13.2 Å². The zero-order valence-corrected chi connectivity index (χ0v) is 11.8. The Morgan fingerprint density at radius 1 is 1.21 bits per heavy atom. The minimum absolute atomic E-state index is 0.179. The summed E-state index contributed by atoms with van der Waals surface area (Å²) >= 11 is 0. The Hall–Kier alpha value is -1.06. The van der Waals surface area contributed by atoms with Crippen LogP contribution >= 0.6 is 0 Å². The number of rotatable bonds is 5. The molecule has 1 aromatic rings. The van der Waals surface area contributed by atoms with Crippen molar-refractivity contribution in [3.63, 3.8) is 0 Å². The highest BCUT2D eigenvalue weighted by atomic mass is 16.5. The number of hydrogen-bond donors (Lipinski definition) is 1. The molecule has 3 nitrogen and oxygen atoms in total. The smallest absolute Gasteiger partial charge is 0.119 e. The average molecular weight is 264 g/mol. The molecular weight excluding hydrogens is 240 g/mol. The lowest BCUT2D eigenvalue weighted by Gasteiger charge is -2.24. The molecule has 3 heteroatoms. The summed E-state index contributed by atoms with van der Waals surface area (Å²) in [6.07, 6.45) is 2.75. The third-order valence-corrected chi connectivity index (χ3v) is 3.53. The van der Waals surface area contributed by atoms with E-state index in [0.717, 1.165) is 43.8 Å². The van der Waals surface area contributed by atoms with Gasteiger partial charge < -0.3 is 14.6 Å². The molecule has 106 valence electrons. The summed E-state index contributed by atoms with van der Waals surface area (Å²) < 4.78 is 10.9. The summed E-state index contributed by atoms with van der Waals surface area (Å²) in [5, 5.41) is 10.3. The van der Waals surface area contributed by atoms with E-state index in [1.54, 1.807) is 0 Å². The zero-order chi connectivity index (χ0) is 13.7. The highest BCUT2D eigenvalue weighted by molar-refractivity contribution is 5.28. The van der Waals surface area contributed by atoms with E-state index in [1.165, 1.54) is 0 Å². The normalized spacial score (nSPS) is 18.5. The van der Waals surface area contributed by atoms with E-state index in [2.05, 4.69) is 0 Å². The molecule has 1 saturated heterocycles. The minimum Gasteiger partial charge on any atom is -0.491 e. The van der Waals surface area contributed by atoms with E-state index in [-0.39, 0.29) is 12.2 Å². The lowest BCUT2D eigenvalue weighted by Crippen LogP contribution is -2.18. The fraction of sp³-hybridized carbons (Fsp3) is 0.625. The highest BCUT2D eigenvalue weighted by Crippen LogP contribution is 2.28. The predicted molar refractivity (Wildman–Crippen MR) is 75.3 cm³/mol. The summed E-state index contributed by atoms with van der Waals surface area (Å²) in [7, 11) is 0. The molecule has 1 aliphatic heterocycles. The lowest BCUT2D eigenvalue weighted by atomic mass is 9.91. The molecular formula is C16H24O3. The molecule has 2 rings (SSSR count). The first kappa shape index (κ1) is 14.4. The van der Waals surface area contributed by atoms with E-state index >= 15 is 0 Å². The fourth-order valence-electron chi connectivity index (χ4n) is 2.47. The highest BCUT2D eigenvalue weighted by Gasteiger charge is 2.18. The van der Waals surface area contributed by atoms with Gasteiger partial charge in [-0.25, -0.2) is 0 Å². The van der Waals surface area contributed by atoms with Crippen molar-refractivity contribution < 1.29 is 14.6 Å². The van der Waals surface area contributed by atoms with Crippen LogP contribution in [0.15, 0.2) is 24.3 Å². The van der Waals surface area contributed by atoms with Gasteiger partial charge in [-0.1, -0.05) is 12.1 Å². The van der Waals surface area contributed by atoms with Gasteiger partial charge in [0.1, 0.15) is 5.75 Å². The van der Waals surface area contributed by atoms with Crippen molar-refractivity contribution in [2.24, 2.45) is 5.92 Å². The monoisotopic (exact) mass is 264 g/mol. The summed E-state index contributed by atoms with van der Waals surface area (Å²) in [5.74, 6) is 1.44. The maximum absolute atomic E-state index is 10.3. The molecule has 1 aliphatic rings. The predicted octanol–water partition coefficient (Wildman–Crippen LogP) is 3.32. The number of ether oxygens (including phenoxy) is 2. The van der Waals surface area contributed by atoms with Crippen molar-refractivity contribution in [1.82, 2.24) is 0 Å². The van der Waals surface area contributed by atoms with E-state index in [4.69, 9.17) is 9.47 Å². The Balaban J connectivity index is 1.89. The Bertz CT molecular complexity index is 366. The number of aliphatic hydroxyl groups excluding tert-OH is 1. The molecule has 0 radical (unpaired) electrons. The van der Waals surface area contributed by atoms with Crippen molar-refractivity contribution in [1.29, 1.82) is 0 Å². The minimum atomic E-state index is -0.379. The third kappa shape index (κ3) is 4.51. The summed E-state index contributed by atoms with van der Waals surface area (Å²) in [4.78, 5) is 0. The van der Waals surface area contributed by atoms with Crippen LogP contribution in [0.25, 0.3) is 0 Å². The Labute approximate surface area is 115 Å². The van der Waals surface area contributed by atoms with Crippen LogP contribution < -0.4 is 4.74 Å². The number of hydrogen-bond acceptors (Lipinski definition) is 3. The fourth-order valence-corrected chi connectivity index (χ4v) is 2.47. The van der Waals surface area contributed by atoms with Crippen molar-refractivity contribution in [3.05, 3.63) is 29.8 Å². The first-order valence-corrected chi connectivity index (χ1v) is 7.17. The number of benzene rings is 1. The molecule has 1 unspecified atom stereocenters. The molecule has 1 aromatic carbocycles. The van der Waals surface area contributed by atoms with Crippen LogP contribution in [-0.2, 0) is 4.74 Å². The molecule has 19 heavy (non-hydrogen) atoms. The van der Waals surface area contributed by atoms with Gasteiger partial charge in [0.25, 0.3) is 0 Å². The maximum atomic E-state index is 10.3. The number of aliphatic hydroxyl groups is 1. The Morgan fingerprint density at radius 3 is 2.42 bits per heavy atom. The van der Waals surface area contributed by atoms with Gasteiger partial charge >= 0.3 is 0 Å². The molecule has 1 heterocycles. The molecule has 0 aromatic heterocycles. The third-order valence-electron chi connectivity index (χ3n) is 3.53. The quantitative estimate of drug-likeness (QED) is 0.886. The van der Waals surface area contributed by atoms with E-state index in [0.29, 0.717) is 5.92 Å². The van der Waals surface area contributed by atoms with Crippen molar-refractivity contribution in [3.8, 4) is 5.75 Å². The topological polar surface area (TPSA) is 38.7 Å². The van der Waals surface area contributed by atoms with E-state index in [9.17, 15) is 5.11 Å². The molecule has 1 atom stereocenters. The van der Waals surface area contributed by atoms with Crippen LogP contribution in [0, 0.1) is 5.92 Å². The first-order valence-electron chi connectivity index (χ1n) is 7.17. The first-order chi connectivity index (χ1) is 9.15. The van der Waals surface area contributed by atoms with Crippen LogP contribution in [0.1, 0.15) is 44.8 Å². The van der Waals surface area contributed by atoms with Gasteiger partial charge in [0.05, 0.1) is 12.2 Å². The van der Waals surface area contributed by atoms with Gasteiger partial charge in [-0.3, -0.25) is 0 Å². The van der Waals surface area contributed by atoms with Crippen molar-refractivity contribution >= 4 is 0 Å². The Morgan fingerprint density at radius 2 is 1.84 bits per heavy atom. The lowest BCUT2D eigenvalue weighted by molar-refractivity contribution is 0.0435. The van der Waals surface area contributed by atoms with Gasteiger partial charge in [0.15, 0.2) is 0 Å². The van der Waals surface area contributed by atoms with Crippen LogP contribution in [-0.4, -0.2) is 24.4 Å². The van der Waals surface area contributed by atoms with Gasteiger partial charge in [-0.15, -0.1) is 0 Å². The summed E-state index contributed by atoms with van der Waals surface area (Å²) in [6, 6.07) is 7.79. The van der Waals surface area contributed by atoms with E-state index in [1.807, 2.05) is 38.1 Å². The van der Waals surface area contributed by atoms with Crippen LogP contribution in [0.2, 0.25) is 0 Å². The SMILES string of the molecule is CC(C)Oc1ccc(C(O)CC2CCOCC2)cc1. The van der Waals surface area contributed by atoms with Gasteiger partial charge in [-0.05, 0) is 56.7 Å². The standard InChI is InChI=1S/C16H24O3/c1-12(2)19-15-5-3-14(4-6-15)16(17)11-13-7-9-18-10-8-13/h3-6,12-13,16-17H,7-11H2,1-2H3. The molecule has 0 amide bonds. The van der Waals surface area contributed by atoms with Crippen molar-refractivity contribution in [2.75, 3.05) is 13.2 Å².